The first-order valence-corrected chi connectivity index (χ1v) is 13.9. The van der Waals surface area contributed by atoms with Crippen LogP contribution in [0.5, 0.6) is 5.75 Å². The lowest BCUT2D eigenvalue weighted by molar-refractivity contribution is -0.504. The second-order valence-electron chi connectivity index (χ2n) is 10.0. The second-order valence-corrected chi connectivity index (χ2v) is 10.5. The first-order valence-electron chi connectivity index (χ1n) is 13.5. The third kappa shape index (κ3) is 13.3. The van der Waals surface area contributed by atoms with Crippen molar-refractivity contribution in [2.24, 2.45) is 11.8 Å². The van der Waals surface area contributed by atoms with Crippen molar-refractivity contribution in [3.05, 3.63) is 53.6 Å². The van der Waals surface area contributed by atoms with E-state index in [0.29, 0.717) is 30.0 Å². The van der Waals surface area contributed by atoms with Gasteiger partial charge in [-0.1, -0.05) is 42.0 Å². The molecule has 6 N–H and O–H groups in total. The van der Waals surface area contributed by atoms with Crippen molar-refractivity contribution >= 4 is 23.5 Å². The van der Waals surface area contributed by atoms with E-state index in [0.717, 1.165) is 0 Å². The Balaban J connectivity index is 1.69. The van der Waals surface area contributed by atoms with E-state index in [-0.39, 0.29) is 43.8 Å². The van der Waals surface area contributed by atoms with E-state index < -0.39 is 41.8 Å². The minimum Gasteiger partial charge on any atom is -0.491 e. The number of aliphatic hydroxyl groups is 3. The summed E-state index contributed by atoms with van der Waals surface area (Å²) >= 11 is 5.93. The number of hydrogen-bond acceptors (Lipinski definition) is 11. The maximum absolute atomic E-state index is 12.1. The number of carbonyl (C=O) groups excluding carboxylic acids is 2. The van der Waals surface area contributed by atoms with Crippen molar-refractivity contribution in [1.82, 2.24) is 10.7 Å². The van der Waals surface area contributed by atoms with Crippen LogP contribution in [0.2, 0.25) is 5.02 Å². The maximum Gasteiger partial charge on any atom is 0.328 e. The zero-order valence-corrected chi connectivity index (χ0v) is 24.0. The first-order chi connectivity index (χ1) is 19.5. The molecule has 1 amide bonds. The molecule has 1 aliphatic carbocycles. The highest BCUT2D eigenvalue weighted by atomic mass is 35.5. The van der Waals surface area contributed by atoms with Crippen molar-refractivity contribution in [3.63, 3.8) is 0 Å². The summed E-state index contributed by atoms with van der Waals surface area (Å²) < 4.78 is 10.5. The number of aliphatic hydroxyl groups excluding tert-OH is 3. The summed E-state index contributed by atoms with van der Waals surface area (Å²) in [5.41, 5.74) is 0. The smallest absolute Gasteiger partial charge is 0.328 e. The Morgan fingerprint density at radius 3 is 2.63 bits per heavy atom. The molecule has 2 rings (SSSR count). The van der Waals surface area contributed by atoms with Gasteiger partial charge in [-0.05, 0) is 57.2 Å². The first kappa shape index (κ1) is 34.7. The fourth-order valence-electron chi connectivity index (χ4n) is 4.40. The number of ether oxygens (including phenoxy) is 2. The number of esters is 1. The fourth-order valence-corrected chi connectivity index (χ4v) is 4.58. The summed E-state index contributed by atoms with van der Waals surface area (Å²) in [4.78, 5) is 28.6. The van der Waals surface area contributed by atoms with Crippen LogP contribution in [0.4, 0.5) is 0 Å². The van der Waals surface area contributed by atoms with E-state index in [1.54, 1.807) is 36.4 Å². The van der Waals surface area contributed by atoms with Gasteiger partial charge >= 0.3 is 5.97 Å². The molecule has 12 nitrogen and oxygen atoms in total. The van der Waals surface area contributed by atoms with Gasteiger partial charge in [0.05, 0.1) is 17.6 Å². The van der Waals surface area contributed by atoms with E-state index in [1.165, 1.54) is 13.8 Å². The Bertz CT molecular complexity index is 1010. The predicted molar refractivity (Wildman–Crippen MR) is 148 cm³/mol. The molecule has 0 bridgehead atoms. The Kier molecular flexibility index (Phi) is 15.3. The van der Waals surface area contributed by atoms with Crippen molar-refractivity contribution in [2.45, 2.75) is 76.4 Å². The lowest BCUT2D eigenvalue weighted by Gasteiger charge is -2.19. The maximum atomic E-state index is 12.1. The van der Waals surface area contributed by atoms with Crippen molar-refractivity contribution in [2.75, 3.05) is 13.2 Å². The fraction of sp³-hybridized carbons (Fsp3) is 0.571. The normalized spacial score (nSPS) is 23.1. The molecule has 2 unspecified atom stereocenters. The molecule has 0 aromatic heterocycles. The van der Waals surface area contributed by atoms with Gasteiger partial charge in [0.25, 0.3) is 0 Å². The number of carbonyl (C=O) groups is 2. The molecular formula is C28H41ClN2O10. The van der Waals surface area contributed by atoms with Crippen LogP contribution in [-0.4, -0.2) is 86.7 Å². The van der Waals surface area contributed by atoms with E-state index in [1.807, 2.05) is 12.2 Å². The summed E-state index contributed by atoms with van der Waals surface area (Å²) in [6.45, 7) is 2.72. The molecule has 230 valence electrons. The molecule has 1 saturated carbocycles. The Morgan fingerprint density at radius 2 is 1.93 bits per heavy atom. The summed E-state index contributed by atoms with van der Waals surface area (Å²) in [6.07, 6.45) is 6.09. The van der Waals surface area contributed by atoms with Gasteiger partial charge < -0.3 is 30.1 Å². The monoisotopic (exact) mass is 600 g/mol. The molecule has 0 heterocycles. The number of unbranched alkanes of at least 4 members (excludes halogenated alkanes) is 1. The number of amides is 1. The third-order valence-electron chi connectivity index (χ3n) is 6.50. The quantitative estimate of drug-likeness (QED) is 0.0670. The number of nitrogens with one attached hydrogen (secondary N) is 1. The van der Waals surface area contributed by atoms with E-state index in [4.69, 9.17) is 31.5 Å². The SMILES string of the molecule is CC(COC(=O)C(C)NC(=O)CCC/C=C\C[C@@H]1[C@@H](/C=C/[C@@H](O)COc2cccc(Cl)c2)[C@H](O)C[C@@H]1O)ON(O)O. The zero-order chi connectivity index (χ0) is 30.4. The Labute approximate surface area is 244 Å². The molecule has 1 aromatic rings. The molecule has 0 radical (unpaired) electrons. The van der Waals surface area contributed by atoms with Gasteiger partial charge in [0.1, 0.15) is 37.2 Å². The van der Waals surface area contributed by atoms with Crippen LogP contribution in [0, 0.1) is 11.8 Å². The molecule has 1 aromatic carbocycles. The lowest BCUT2D eigenvalue weighted by atomic mass is 9.89. The van der Waals surface area contributed by atoms with Gasteiger partial charge in [-0.2, -0.15) is 0 Å². The summed E-state index contributed by atoms with van der Waals surface area (Å²) in [5.74, 6) is -1.02. The third-order valence-corrected chi connectivity index (χ3v) is 6.74. The summed E-state index contributed by atoms with van der Waals surface area (Å²) in [5, 5.41) is 50.9. The minimum atomic E-state index is -0.901. The molecule has 1 fully saturated rings. The Hall–Kier alpha value is -2.55. The highest BCUT2D eigenvalue weighted by molar-refractivity contribution is 6.30. The van der Waals surface area contributed by atoms with Crippen LogP contribution < -0.4 is 10.1 Å². The molecule has 13 heteroatoms. The average molecular weight is 601 g/mol. The standard InChI is InChI=1S/C28H41ClN2O10/c1-18(41-31(37)38)16-40-28(36)19(2)30-27(35)11-6-4-3-5-10-23-24(26(34)15-25(23)33)13-12-21(32)17-39-22-9-7-8-20(29)14-22/h3,5,7-9,12-14,18-19,21,23-26,32-34,37-38H,4,6,10-11,15-17H2,1-2H3,(H,30,35)/b5-3-,13-12+/t18?,19?,21-,23-,24-,25+,26-/m1/s1. The van der Waals surface area contributed by atoms with Crippen molar-refractivity contribution in [3.8, 4) is 5.75 Å². The van der Waals surface area contributed by atoms with Crippen molar-refractivity contribution < 1.29 is 49.6 Å². The highest BCUT2D eigenvalue weighted by Gasteiger charge is 2.39. The van der Waals surface area contributed by atoms with E-state index >= 15 is 0 Å². The number of rotatable bonds is 17. The second kappa shape index (κ2) is 18.1. The van der Waals surface area contributed by atoms with Crippen LogP contribution in [0.3, 0.4) is 0 Å². The van der Waals surface area contributed by atoms with Gasteiger partial charge in [0, 0.05) is 23.8 Å². The number of nitrogens with zero attached hydrogens (tertiary/aromatic N) is 1. The predicted octanol–water partition coefficient (Wildman–Crippen LogP) is 2.56. The molecule has 0 aliphatic heterocycles. The van der Waals surface area contributed by atoms with E-state index in [2.05, 4.69) is 10.2 Å². The summed E-state index contributed by atoms with van der Waals surface area (Å²) in [7, 11) is 0. The zero-order valence-electron chi connectivity index (χ0n) is 23.2. The molecule has 7 atom stereocenters. The van der Waals surface area contributed by atoms with Crippen molar-refractivity contribution in [1.29, 1.82) is 0 Å². The number of allylic oxidation sites excluding steroid dienone is 2. The number of halogens is 1. The van der Waals surface area contributed by atoms with Gasteiger partial charge in [-0.25, -0.2) is 9.63 Å². The van der Waals surface area contributed by atoms with Crippen LogP contribution in [0.25, 0.3) is 0 Å². The molecule has 0 spiro atoms. The number of benzene rings is 1. The average Bonchev–Trinajstić information content (AvgIpc) is 3.17. The van der Waals surface area contributed by atoms with Crippen LogP contribution >= 0.6 is 11.6 Å². The van der Waals surface area contributed by atoms with E-state index in [9.17, 15) is 24.9 Å². The van der Waals surface area contributed by atoms with Crippen LogP contribution in [-0.2, 0) is 19.2 Å². The van der Waals surface area contributed by atoms with Crippen LogP contribution in [0.15, 0.2) is 48.6 Å². The largest absolute Gasteiger partial charge is 0.491 e. The lowest BCUT2D eigenvalue weighted by Crippen LogP contribution is -2.40. The van der Waals surface area contributed by atoms with Crippen LogP contribution in [0.1, 0.15) is 46.0 Å². The highest BCUT2D eigenvalue weighted by Crippen LogP contribution is 2.36. The van der Waals surface area contributed by atoms with Gasteiger partial charge in [0.15, 0.2) is 0 Å². The topological polar surface area (TPSA) is 178 Å². The Morgan fingerprint density at radius 1 is 1.17 bits per heavy atom. The van der Waals surface area contributed by atoms with Gasteiger partial charge in [-0.3, -0.25) is 15.2 Å². The molecule has 0 saturated heterocycles. The molecule has 41 heavy (non-hydrogen) atoms. The summed E-state index contributed by atoms with van der Waals surface area (Å²) in [6, 6.07) is 5.97. The van der Waals surface area contributed by atoms with Gasteiger partial charge in [-0.15, -0.1) is 0 Å². The molecule has 1 aliphatic rings. The molecular weight excluding hydrogens is 560 g/mol. The van der Waals surface area contributed by atoms with Gasteiger partial charge in [0.2, 0.25) is 5.91 Å². The minimum absolute atomic E-state index is 0.0165. The number of hydrogen-bond donors (Lipinski definition) is 6.